The van der Waals surface area contributed by atoms with E-state index in [0.29, 0.717) is 5.92 Å². The minimum Gasteiger partial charge on any atom is -0.381 e. The fourth-order valence-corrected chi connectivity index (χ4v) is 2.30. The van der Waals surface area contributed by atoms with Gasteiger partial charge in [0.05, 0.1) is 6.54 Å². The zero-order valence-corrected chi connectivity index (χ0v) is 16.4. The second-order valence-corrected chi connectivity index (χ2v) is 7.31. The van der Waals surface area contributed by atoms with E-state index in [1.807, 2.05) is 0 Å². The van der Waals surface area contributed by atoms with Crippen molar-refractivity contribution in [3.8, 4) is 0 Å². The summed E-state index contributed by atoms with van der Waals surface area (Å²) in [4.78, 5) is 6.89. The SMILES string of the molecule is CCNC(=NCC(C)(C)N(C)C)NCCCOCC1CCOCC1. The van der Waals surface area contributed by atoms with E-state index in [4.69, 9.17) is 14.5 Å². The molecule has 0 saturated carbocycles. The maximum absolute atomic E-state index is 5.80. The number of nitrogens with zero attached hydrogens (tertiary/aromatic N) is 2. The summed E-state index contributed by atoms with van der Waals surface area (Å²) < 4.78 is 11.2. The van der Waals surface area contributed by atoms with Crippen LogP contribution in [0.5, 0.6) is 0 Å². The summed E-state index contributed by atoms with van der Waals surface area (Å²) in [6, 6.07) is 0. The number of likely N-dealkylation sites (N-methyl/N-ethyl adjacent to an activating group) is 1. The molecule has 0 unspecified atom stereocenters. The molecule has 0 atom stereocenters. The fraction of sp³-hybridized carbons (Fsp3) is 0.944. The number of guanidine groups is 1. The normalized spacial score (nSPS) is 17.3. The topological polar surface area (TPSA) is 58.1 Å². The molecule has 0 aromatic heterocycles. The molecular weight excluding hydrogens is 304 g/mol. The molecule has 0 radical (unpaired) electrons. The second kappa shape index (κ2) is 11.7. The molecule has 1 rings (SSSR count). The van der Waals surface area contributed by atoms with Crippen LogP contribution >= 0.6 is 0 Å². The van der Waals surface area contributed by atoms with Crippen molar-refractivity contribution in [3.63, 3.8) is 0 Å². The first kappa shape index (κ1) is 21.2. The first-order valence-corrected chi connectivity index (χ1v) is 9.31. The molecule has 1 fully saturated rings. The van der Waals surface area contributed by atoms with Gasteiger partial charge < -0.3 is 25.0 Å². The van der Waals surface area contributed by atoms with E-state index in [9.17, 15) is 0 Å². The Morgan fingerprint density at radius 3 is 2.58 bits per heavy atom. The number of rotatable bonds is 10. The highest BCUT2D eigenvalue weighted by atomic mass is 16.5. The Hall–Kier alpha value is -0.850. The Kier molecular flexibility index (Phi) is 10.3. The fourth-order valence-electron chi connectivity index (χ4n) is 2.30. The van der Waals surface area contributed by atoms with E-state index >= 15 is 0 Å². The van der Waals surface area contributed by atoms with E-state index < -0.39 is 0 Å². The van der Waals surface area contributed by atoms with Gasteiger partial charge in [0.2, 0.25) is 0 Å². The van der Waals surface area contributed by atoms with Gasteiger partial charge in [0.25, 0.3) is 0 Å². The Morgan fingerprint density at radius 2 is 1.96 bits per heavy atom. The molecule has 0 aliphatic carbocycles. The predicted octanol–water partition coefficient (Wildman–Crippen LogP) is 1.72. The van der Waals surface area contributed by atoms with Crippen LogP contribution in [0.15, 0.2) is 4.99 Å². The van der Waals surface area contributed by atoms with Gasteiger partial charge in [-0.15, -0.1) is 0 Å². The number of nitrogens with one attached hydrogen (secondary N) is 2. The largest absolute Gasteiger partial charge is 0.381 e. The van der Waals surface area contributed by atoms with Gasteiger partial charge in [0, 0.05) is 45.1 Å². The highest BCUT2D eigenvalue weighted by Crippen LogP contribution is 2.14. The summed E-state index contributed by atoms with van der Waals surface area (Å²) in [5.74, 6) is 1.57. The smallest absolute Gasteiger partial charge is 0.191 e. The van der Waals surface area contributed by atoms with Crippen LogP contribution in [-0.2, 0) is 9.47 Å². The maximum Gasteiger partial charge on any atom is 0.191 e. The lowest BCUT2D eigenvalue weighted by atomic mass is 10.0. The molecule has 6 nitrogen and oxygen atoms in total. The van der Waals surface area contributed by atoms with Gasteiger partial charge in [-0.25, -0.2) is 0 Å². The van der Waals surface area contributed by atoms with Crippen LogP contribution in [0.1, 0.15) is 40.0 Å². The highest BCUT2D eigenvalue weighted by Gasteiger charge is 2.19. The molecule has 0 aromatic carbocycles. The highest BCUT2D eigenvalue weighted by molar-refractivity contribution is 5.79. The van der Waals surface area contributed by atoms with Crippen LogP contribution in [0.25, 0.3) is 0 Å². The lowest BCUT2D eigenvalue weighted by molar-refractivity contribution is 0.0203. The minimum absolute atomic E-state index is 0.0508. The quantitative estimate of drug-likeness (QED) is 0.360. The lowest BCUT2D eigenvalue weighted by Gasteiger charge is -2.31. The number of ether oxygens (including phenoxy) is 2. The molecule has 2 N–H and O–H groups in total. The summed E-state index contributed by atoms with van der Waals surface area (Å²) in [7, 11) is 4.18. The van der Waals surface area contributed by atoms with Crippen LogP contribution < -0.4 is 10.6 Å². The monoisotopic (exact) mass is 342 g/mol. The van der Waals surface area contributed by atoms with Crippen molar-refractivity contribution < 1.29 is 9.47 Å². The van der Waals surface area contributed by atoms with Gasteiger partial charge in [-0.05, 0) is 60.0 Å². The first-order valence-electron chi connectivity index (χ1n) is 9.31. The molecule has 1 saturated heterocycles. The zero-order chi connectivity index (χ0) is 17.8. The van der Waals surface area contributed by atoms with Crippen LogP contribution in [-0.4, -0.2) is 76.6 Å². The Bertz CT molecular complexity index is 353. The summed E-state index contributed by atoms with van der Waals surface area (Å²) >= 11 is 0. The zero-order valence-electron chi connectivity index (χ0n) is 16.4. The lowest BCUT2D eigenvalue weighted by Crippen LogP contribution is -2.44. The summed E-state index contributed by atoms with van der Waals surface area (Å²) in [5, 5.41) is 6.69. The van der Waals surface area contributed by atoms with Crippen molar-refractivity contribution in [2.75, 3.05) is 60.2 Å². The number of aliphatic imine (C=N–C) groups is 1. The van der Waals surface area contributed by atoms with Crippen LogP contribution in [0.2, 0.25) is 0 Å². The van der Waals surface area contributed by atoms with Gasteiger partial charge in [0.15, 0.2) is 5.96 Å². The molecule has 1 aliphatic rings. The van der Waals surface area contributed by atoms with E-state index in [0.717, 1.165) is 71.3 Å². The predicted molar refractivity (Wildman–Crippen MR) is 101 cm³/mol. The van der Waals surface area contributed by atoms with Crippen LogP contribution in [0.3, 0.4) is 0 Å². The summed E-state index contributed by atoms with van der Waals surface area (Å²) in [5.41, 5.74) is 0.0508. The van der Waals surface area contributed by atoms with E-state index in [2.05, 4.69) is 50.4 Å². The Balaban J connectivity index is 2.18. The van der Waals surface area contributed by atoms with E-state index in [1.165, 1.54) is 0 Å². The molecule has 0 amide bonds. The number of hydrogen-bond acceptors (Lipinski definition) is 4. The minimum atomic E-state index is 0.0508. The van der Waals surface area contributed by atoms with Crippen molar-refractivity contribution in [2.45, 2.75) is 45.6 Å². The standard InChI is InChI=1S/C18H38N4O2/c1-6-19-17(21-15-18(2,3)22(4)5)20-10-7-11-24-14-16-8-12-23-13-9-16/h16H,6-15H2,1-5H3,(H2,19,20,21). The molecule has 1 heterocycles. The third-order valence-corrected chi connectivity index (χ3v) is 4.63. The first-order chi connectivity index (χ1) is 11.5. The molecule has 0 spiro atoms. The van der Waals surface area contributed by atoms with Crippen LogP contribution in [0.4, 0.5) is 0 Å². The van der Waals surface area contributed by atoms with Crippen molar-refractivity contribution in [3.05, 3.63) is 0 Å². The van der Waals surface area contributed by atoms with E-state index in [1.54, 1.807) is 0 Å². The van der Waals surface area contributed by atoms with Crippen molar-refractivity contribution in [1.82, 2.24) is 15.5 Å². The molecule has 6 heteroatoms. The van der Waals surface area contributed by atoms with E-state index in [-0.39, 0.29) is 5.54 Å². The molecule has 142 valence electrons. The molecule has 0 bridgehead atoms. The van der Waals surface area contributed by atoms with Crippen molar-refractivity contribution in [1.29, 1.82) is 0 Å². The average molecular weight is 343 g/mol. The van der Waals surface area contributed by atoms with Gasteiger partial charge in [-0.2, -0.15) is 0 Å². The Morgan fingerprint density at radius 1 is 1.25 bits per heavy atom. The van der Waals surface area contributed by atoms with Gasteiger partial charge in [-0.1, -0.05) is 0 Å². The van der Waals surface area contributed by atoms with Gasteiger partial charge >= 0.3 is 0 Å². The van der Waals surface area contributed by atoms with Gasteiger partial charge in [0.1, 0.15) is 0 Å². The maximum atomic E-state index is 5.80. The average Bonchev–Trinajstić information content (AvgIpc) is 2.56. The summed E-state index contributed by atoms with van der Waals surface area (Å²) in [6.07, 6.45) is 3.26. The third kappa shape index (κ3) is 8.85. The third-order valence-electron chi connectivity index (χ3n) is 4.63. The van der Waals surface area contributed by atoms with Crippen molar-refractivity contribution in [2.24, 2.45) is 10.9 Å². The molecular formula is C18H38N4O2. The molecule has 24 heavy (non-hydrogen) atoms. The van der Waals surface area contributed by atoms with Gasteiger partial charge in [-0.3, -0.25) is 4.99 Å². The molecule has 1 aliphatic heterocycles. The number of hydrogen-bond donors (Lipinski definition) is 2. The Labute approximate surface area is 148 Å². The van der Waals surface area contributed by atoms with Crippen LogP contribution in [0, 0.1) is 5.92 Å². The second-order valence-electron chi connectivity index (χ2n) is 7.31. The van der Waals surface area contributed by atoms with Crippen molar-refractivity contribution >= 4 is 5.96 Å². The summed E-state index contributed by atoms with van der Waals surface area (Å²) in [6.45, 7) is 12.4. The molecule has 0 aromatic rings.